The molecule has 0 amide bonds. The van der Waals surface area contributed by atoms with Gasteiger partial charge in [0.05, 0.1) is 5.60 Å². The van der Waals surface area contributed by atoms with Crippen molar-refractivity contribution in [2.45, 2.75) is 98.0 Å². The van der Waals surface area contributed by atoms with E-state index in [-0.39, 0.29) is 28.4 Å². The molecule has 30 heavy (non-hydrogen) atoms. The Morgan fingerprint density at radius 1 is 1.07 bits per heavy atom. The lowest BCUT2D eigenvalue weighted by Crippen LogP contribution is -2.57. The normalized spacial score (nSPS) is 45.9. The van der Waals surface area contributed by atoms with Crippen molar-refractivity contribution in [3.05, 3.63) is 12.2 Å². The van der Waals surface area contributed by atoms with Crippen LogP contribution in [0, 0.1) is 46.3 Å². The molecule has 3 nitrogen and oxygen atoms in total. The first-order chi connectivity index (χ1) is 14.0. The average Bonchev–Trinajstić information content (AvgIpc) is 3.01. The zero-order valence-electron chi connectivity index (χ0n) is 19.7. The fourth-order valence-electron chi connectivity index (χ4n) is 8.49. The molecule has 4 aliphatic rings. The summed E-state index contributed by atoms with van der Waals surface area (Å²) in [5.41, 5.74) is -0.679. The van der Waals surface area contributed by atoms with Crippen LogP contribution in [-0.4, -0.2) is 22.3 Å². The first kappa shape index (κ1) is 22.2. The van der Waals surface area contributed by atoms with Crippen LogP contribution >= 0.6 is 0 Å². The van der Waals surface area contributed by atoms with Gasteiger partial charge in [-0.3, -0.25) is 9.59 Å². The first-order valence-corrected chi connectivity index (χ1v) is 12.4. The topological polar surface area (TPSA) is 54.4 Å². The third-order valence-corrected chi connectivity index (χ3v) is 10.0. The number of Topliss-reactive ketones (excluding diaryl/α,β-unsaturated/α-hetero) is 2. The molecule has 168 valence electrons. The van der Waals surface area contributed by atoms with Gasteiger partial charge in [0.2, 0.25) is 0 Å². The van der Waals surface area contributed by atoms with Crippen LogP contribution in [0.15, 0.2) is 12.2 Å². The van der Waals surface area contributed by atoms with Crippen LogP contribution in [0.3, 0.4) is 0 Å². The van der Waals surface area contributed by atoms with Crippen molar-refractivity contribution in [2.24, 2.45) is 46.3 Å². The van der Waals surface area contributed by atoms with Gasteiger partial charge in [-0.05, 0) is 85.9 Å². The molecule has 0 heterocycles. The maximum Gasteiger partial charge on any atom is 0.137 e. The van der Waals surface area contributed by atoms with E-state index in [1.165, 1.54) is 0 Å². The molecule has 8 atom stereocenters. The number of rotatable bonds is 4. The van der Waals surface area contributed by atoms with Crippen molar-refractivity contribution in [1.29, 1.82) is 0 Å². The lowest BCUT2D eigenvalue weighted by molar-refractivity contribution is -0.160. The Labute approximate surface area is 183 Å². The zero-order chi connectivity index (χ0) is 21.9. The number of fused-ring (bicyclic) bond motifs is 5. The second-order valence-corrected chi connectivity index (χ2v) is 12.3. The van der Waals surface area contributed by atoms with Crippen LogP contribution in [0.1, 0.15) is 92.4 Å². The summed E-state index contributed by atoms with van der Waals surface area (Å²) in [6, 6.07) is 0. The number of aliphatic hydroxyl groups is 1. The van der Waals surface area contributed by atoms with E-state index in [0.29, 0.717) is 48.7 Å². The predicted octanol–water partition coefficient (Wildman–Crippen LogP) is 5.75. The molecule has 0 aromatic heterocycles. The number of allylic oxidation sites excluding steroid dienone is 1. The average molecular weight is 415 g/mol. The Bertz CT molecular complexity index is 734. The maximum atomic E-state index is 13.2. The van der Waals surface area contributed by atoms with E-state index >= 15 is 0 Å². The minimum atomic E-state index is -0.784. The highest BCUT2D eigenvalue weighted by atomic mass is 16.3. The van der Waals surface area contributed by atoms with E-state index < -0.39 is 5.60 Å². The Hall–Kier alpha value is -0.960. The van der Waals surface area contributed by atoms with Crippen LogP contribution in [0.5, 0.6) is 0 Å². The van der Waals surface area contributed by atoms with Crippen LogP contribution in [-0.2, 0) is 9.59 Å². The molecule has 4 fully saturated rings. The zero-order valence-corrected chi connectivity index (χ0v) is 19.7. The summed E-state index contributed by atoms with van der Waals surface area (Å²) in [4.78, 5) is 25.3. The third kappa shape index (κ3) is 3.44. The first-order valence-electron chi connectivity index (χ1n) is 12.4. The van der Waals surface area contributed by atoms with Crippen LogP contribution < -0.4 is 0 Å². The van der Waals surface area contributed by atoms with Gasteiger partial charge in [0.1, 0.15) is 11.6 Å². The highest BCUT2D eigenvalue weighted by Gasteiger charge is 2.63. The van der Waals surface area contributed by atoms with Crippen molar-refractivity contribution in [2.75, 3.05) is 0 Å². The van der Waals surface area contributed by atoms with Crippen molar-refractivity contribution in [3.8, 4) is 0 Å². The minimum absolute atomic E-state index is 0.00696. The third-order valence-electron chi connectivity index (χ3n) is 10.0. The van der Waals surface area contributed by atoms with Gasteiger partial charge in [0, 0.05) is 25.2 Å². The fourth-order valence-corrected chi connectivity index (χ4v) is 8.49. The lowest BCUT2D eigenvalue weighted by atomic mass is 9.44. The van der Waals surface area contributed by atoms with Crippen LogP contribution in [0.2, 0.25) is 0 Å². The maximum absolute atomic E-state index is 13.2. The second-order valence-electron chi connectivity index (χ2n) is 12.3. The molecule has 0 unspecified atom stereocenters. The summed E-state index contributed by atoms with van der Waals surface area (Å²) < 4.78 is 0. The second kappa shape index (κ2) is 7.57. The van der Waals surface area contributed by atoms with E-state index in [4.69, 9.17) is 0 Å². The Morgan fingerprint density at radius 3 is 2.47 bits per heavy atom. The van der Waals surface area contributed by atoms with Crippen molar-refractivity contribution in [1.82, 2.24) is 0 Å². The monoisotopic (exact) mass is 414 g/mol. The molecule has 0 aromatic rings. The van der Waals surface area contributed by atoms with E-state index in [0.717, 1.165) is 38.5 Å². The van der Waals surface area contributed by atoms with Crippen molar-refractivity contribution >= 4 is 11.6 Å². The summed E-state index contributed by atoms with van der Waals surface area (Å²) in [6.07, 6.45) is 12.4. The number of carbonyl (C=O) groups is 2. The molecular weight excluding hydrogens is 372 g/mol. The molecule has 4 saturated carbocycles. The standard InChI is InChI=1S/C27H42O3/c1-17(2)7-6-12-27(5,30)24-9-8-20-19-16-23(29)22-15-18(28)10-13-25(22,3)21(19)11-14-26(20,24)4/h6,12,17,19-22,24,30H,7-11,13-16H2,1-5H3/b12-6-/t19-,20-,21-,22+,24-,25+,26-,27-/m0/s1. The van der Waals surface area contributed by atoms with Gasteiger partial charge in [0.25, 0.3) is 0 Å². The van der Waals surface area contributed by atoms with Gasteiger partial charge in [-0.1, -0.05) is 39.8 Å². The van der Waals surface area contributed by atoms with Gasteiger partial charge in [-0.25, -0.2) is 0 Å². The predicted molar refractivity (Wildman–Crippen MR) is 120 cm³/mol. The van der Waals surface area contributed by atoms with Gasteiger partial charge in [-0.15, -0.1) is 0 Å². The molecule has 0 aliphatic heterocycles. The van der Waals surface area contributed by atoms with Crippen molar-refractivity contribution < 1.29 is 14.7 Å². The van der Waals surface area contributed by atoms with Gasteiger partial charge in [-0.2, -0.15) is 0 Å². The molecule has 1 N–H and O–H groups in total. The number of hydrogen-bond donors (Lipinski definition) is 1. The van der Waals surface area contributed by atoms with Crippen LogP contribution in [0.25, 0.3) is 0 Å². The van der Waals surface area contributed by atoms with Crippen LogP contribution in [0.4, 0.5) is 0 Å². The molecule has 4 rings (SSSR count). The van der Waals surface area contributed by atoms with Gasteiger partial charge in [0.15, 0.2) is 0 Å². The summed E-state index contributed by atoms with van der Waals surface area (Å²) in [6.45, 7) is 11.1. The van der Waals surface area contributed by atoms with Gasteiger partial charge >= 0.3 is 0 Å². The molecule has 4 aliphatic carbocycles. The van der Waals surface area contributed by atoms with E-state index in [1.54, 1.807) is 0 Å². The molecule has 0 bridgehead atoms. The lowest BCUT2D eigenvalue weighted by Gasteiger charge is -2.60. The van der Waals surface area contributed by atoms with E-state index in [9.17, 15) is 14.7 Å². The summed E-state index contributed by atoms with van der Waals surface area (Å²) in [7, 11) is 0. The highest BCUT2D eigenvalue weighted by Crippen LogP contribution is 2.67. The number of ketones is 2. The summed E-state index contributed by atoms with van der Waals surface area (Å²) in [5.74, 6) is 2.97. The molecular formula is C27H42O3. The molecule has 0 spiro atoms. The number of hydrogen-bond acceptors (Lipinski definition) is 3. The largest absolute Gasteiger partial charge is 0.386 e. The molecule has 0 aromatic carbocycles. The Balaban J connectivity index is 1.58. The van der Waals surface area contributed by atoms with E-state index in [2.05, 4.69) is 39.8 Å². The molecule has 0 radical (unpaired) electrons. The SMILES string of the molecule is CC(C)C/C=C\[C@](C)(O)[C@H]1CC[C@H]2[C@@H]3CC(=O)[C@H]4CC(=O)CC[C@]4(C)[C@H]3CC[C@@]21C. The highest BCUT2D eigenvalue weighted by molar-refractivity contribution is 5.90. The molecule has 0 saturated heterocycles. The fraction of sp³-hybridized carbons (Fsp3) is 0.852. The summed E-state index contributed by atoms with van der Waals surface area (Å²) >= 11 is 0. The quantitative estimate of drug-likeness (QED) is 0.596. The Morgan fingerprint density at radius 2 is 1.77 bits per heavy atom. The minimum Gasteiger partial charge on any atom is -0.386 e. The Kier molecular flexibility index (Phi) is 5.61. The number of carbonyl (C=O) groups excluding carboxylic acids is 2. The van der Waals surface area contributed by atoms with Gasteiger partial charge < -0.3 is 5.11 Å². The van der Waals surface area contributed by atoms with E-state index in [1.807, 2.05) is 6.92 Å². The summed E-state index contributed by atoms with van der Waals surface area (Å²) in [5, 5.41) is 11.5. The smallest absolute Gasteiger partial charge is 0.137 e. The molecule has 3 heteroatoms. The van der Waals surface area contributed by atoms with Crippen molar-refractivity contribution in [3.63, 3.8) is 0 Å².